The van der Waals surface area contributed by atoms with E-state index in [9.17, 15) is 4.79 Å². The monoisotopic (exact) mass is 253 g/mol. The average Bonchev–Trinajstić information content (AvgIpc) is 2.82. The van der Waals surface area contributed by atoms with Gasteiger partial charge in [-0.15, -0.1) is 0 Å². The van der Waals surface area contributed by atoms with Crippen LogP contribution >= 0.6 is 0 Å². The zero-order valence-corrected chi connectivity index (χ0v) is 11.6. The van der Waals surface area contributed by atoms with Gasteiger partial charge in [-0.05, 0) is 39.2 Å². The summed E-state index contributed by atoms with van der Waals surface area (Å²) in [4.78, 5) is 14.2. The molecule has 4 nitrogen and oxygen atoms in total. The summed E-state index contributed by atoms with van der Waals surface area (Å²) in [5.41, 5.74) is 0. The second-order valence-corrected chi connectivity index (χ2v) is 5.71. The van der Waals surface area contributed by atoms with E-state index < -0.39 is 0 Å². The molecule has 1 saturated heterocycles. The predicted octanol–water partition coefficient (Wildman–Crippen LogP) is 1.12. The van der Waals surface area contributed by atoms with E-state index in [4.69, 9.17) is 0 Å². The summed E-state index contributed by atoms with van der Waals surface area (Å²) in [6.45, 7) is 2.82. The molecular weight excluding hydrogens is 226 g/mol. The normalized spacial score (nSPS) is 26.3. The molecular formula is C14H27N3O. The van der Waals surface area contributed by atoms with Gasteiger partial charge in [-0.1, -0.05) is 12.8 Å². The smallest absolute Gasteiger partial charge is 0.237 e. The second-order valence-electron chi connectivity index (χ2n) is 5.71. The summed E-state index contributed by atoms with van der Waals surface area (Å²) in [6.07, 6.45) is 8.71. The first-order valence-corrected chi connectivity index (χ1v) is 7.48. The Kier molecular flexibility index (Phi) is 5.45. The molecule has 1 aliphatic heterocycles. The van der Waals surface area contributed by atoms with Crippen LogP contribution in [0.15, 0.2) is 0 Å². The molecule has 1 atom stereocenters. The van der Waals surface area contributed by atoms with Gasteiger partial charge in [0.1, 0.15) is 0 Å². The topological polar surface area (TPSA) is 44.4 Å². The van der Waals surface area contributed by atoms with E-state index in [0.29, 0.717) is 0 Å². The van der Waals surface area contributed by atoms with Gasteiger partial charge in [-0.3, -0.25) is 4.79 Å². The largest absolute Gasteiger partial charge is 0.355 e. The molecule has 1 heterocycles. The van der Waals surface area contributed by atoms with E-state index in [1.165, 1.54) is 25.7 Å². The zero-order valence-electron chi connectivity index (χ0n) is 11.6. The van der Waals surface area contributed by atoms with Crippen molar-refractivity contribution in [3.8, 4) is 0 Å². The summed E-state index contributed by atoms with van der Waals surface area (Å²) in [5.74, 6) is 0.191. The standard InChI is InChI=1S/C14H27N3O/c1-17(12-6-2-3-7-12)11-10-15-13-8-4-5-9-16-14(13)18/h12-13,15H,2-11H2,1H3,(H,16,18). The van der Waals surface area contributed by atoms with E-state index in [2.05, 4.69) is 22.6 Å². The van der Waals surface area contributed by atoms with Gasteiger partial charge in [0.2, 0.25) is 5.91 Å². The molecule has 0 spiro atoms. The number of likely N-dealkylation sites (N-methyl/N-ethyl adjacent to an activating group) is 1. The third kappa shape index (κ3) is 3.95. The fraction of sp³-hybridized carbons (Fsp3) is 0.929. The number of amides is 1. The Labute approximate surface area is 110 Å². The first-order valence-electron chi connectivity index (χ1n) is 7.48. The van der Waals surface area contributed by atoms with Crippen molar-refractivity contribution in [2.24, 2.45) is 0 Å². The summed E-state index contributed by atoms with van der Waals surface area (Å²) < 4.78 is 0. The SMILES string of the molecule is CN(CCNC1CCCCNC1=O)C1CCCC1. The van der Waals surface area contributed by atoms with E-state index in [-0.39, 0.29) is 11.9 Å². The van der Waals surface area contributed by atoms with E-state index >= 15 is 0 Å². The molecule has 4 heteroatoms. The van der Waals surface area contributed by atoms with Crippen molar-refractivity contribution in [3.63, 3.8) is 0 Å². The molecule has 2 N–H and O–H groups in total. The fourth-order valence-electron chi connectivity index (χ4n) is 3.08. The Hall–Kier alpha value is -0.610. The summed E-state index contributed by atoms with van der Waals surface area (Å²) in [7, 11) is 2.21. The molecule has 0 bridgehead atoms. The van der Waals surface area contributed by atoms with Gasteiger partial charge >= 0.3 is 0 Å². The molecule has 0 aromatic rings. The average molecular weight is 253 g/mol. The molecule has 2 aliphatic rings. The molecule has 0 radical (unpaired) electrons. The van der Waals surface area contributed by atoms with Crippen molar-refractivity contribution >= 4 is 5.91 Å². The van der Waals surface area contributed by atoms with Crippen LogP contribution in [0.1, 0.15) is 44.9 Å². The van der Waals surface area contributed by atoms with Gasteiger partial charge in [0.25, 0.3) is 0 Å². The fourth-order valence-corrected chi connectivity index (χ4v) is 3.08. The van der Waals surface area contributed by atoms with Crippen LogP contribution in [0, 0.1) is 0 Å². The molecule has 1 aliphatic carbocycles. The summed E-state index contributed by atoms with van der Waals surface area (Å²) in [5, 5.41) is 6.38. The van der Waals surface area contributed by atoms with Gasteiger partial charge in [0.15, 0.2) is 0 Å². The molecule has 104 valence electrons. The van der Waals surface area contributed by atoms with Gasteiger partial charge in [0.05, 0.1) is 6.04 Å². The third-order valence-electron chi connectivity index (χ3n) is 4.34. The Morgan fingerprint density at radius 2 is 1.94 bits per heavy atom. The van der Waals surface area contributed by atoms with Gasteiger partial charge in [0, 0.05) is 25.7 Å². The van der Waals surface area contributed by atoms with E-state index in [0.717, 1.165) is 44.9 Å². The number of nitrogens with one attached hydrogen (secondary N) is 2. The highest BCUT2D eigenvalue weighted by Gasteiger charge is 2.21. The van der Waals surface area contributed by atoms with Crippen molar-refractivity contribution in [3.05, 3.63) is 0 Å². The maximum Gasteiger partial charge on any atom is 0.237 e. The zero-order chi connectivity index (χ0) is 12.8. The van der Waals surface area contributed by atoms with Crippen LogP contribution in [0.4, 0.5) is 0 Å². The maximum atomic E-state index is 11.8. The number of hydrogen-bond acceptors (Lipinski definition) is 3. The first kappa shape index (κ1) is 13.8. The Bertz CT molecular complexity index is 264. The highest BCUT2D eigenvalue weighted by molar-refractivity contribution is 5.81. The number of carbonyl (C=O) groups excluding carboxylic acids is 1. The van der Waals surface area contributed by atoms with Gasteiger partial charge in [-0.25, -0.2) is 0 Å². The molecule has 18 heavy (non-hydrogen) atoms. The highest BCUT2D eigenvalue weighted by atomic mass is 16.2. The van der Waals surface area contributed by atoms with Crippen molar-refractivity contribution in [2.45, 2.75) is 57.0 Å². The lowest BCUT2D eigenvalue weighted by atomic mass is 10.1. The van der Waals surface area contributed by atoms with E-state index in [1.54, 1.807) is 0 Å². The van der Waals surface area contributed by atoms with Crippen LogP contribution in [0.2, 0.25) is 0 Å². The quantitative estimate of drug-likeness (QED) is 0.772. The van der Waals surface area contributed by atoms with Crippen LogP contribution in [0.25, 0.3) is 0 Å². The second kappa shape index (κ2) is 7.10. The Morgan fingerprint density at radius 3 is 2.72 bits per heavy atom. The number of hydrogen-bond donors (Lipinski definition) is 2. The minimum absolute atomic E-state index is 0.0319. The van der Waals surface area contributed by atoms with Crippen LogP contribution in [0.5, 0.6) is 0 Å². The minimum atomic E-state index is 0.0319. The Balaban J connectivity index is 1.65. The molecule has 2 rings (SSSR count). The summed E-state index contributed by atoms with van der Waals surface area (Å²) >= 11 is 0. The van der Waals surface area contributed by atoms with Crippen molar-refractivity contribution in [1.82, 2.24) is 15.5 Å². The summed E-state index contributed by atoms with van der Waals surface area (Å²) in [6, 6.07) is 0.805. The van der Waals surface area contributed by atoms with Crippen LogP contribution in [-0.2, 0) is 4.79 Å². The molecule has 1 amide bonds. The van der Waals surface area contributed by atoms with Crippen LogP contribution < -0.4 is 10.6 Å². The van der Waals surface area contributed by atoms with Crippen molar-refractivity contribution < 1.29 is 4.79 Å². The number of carbonyl (C=O) groups is 1. The number of rotatable bonds is 5. The molecule has 2 fully saturated rings. The first-order chi connectivity index (χ1) is 8.77. The number of nitrogens with zero attached hydrogens (tertiary/aromatic N) is 1. The molecule has 0 aromatic heterocycles. The van der Waals surface area contributed by atoms with Crippen LogP contribution in [0.3, 0.4) is 0 Å². The molecule has 1 unspecified atom stereocenters. The van der Waals surface area contributed by atoms with Gasteiger partial charge < -0.3 is 15.5 Å². The van der Waals surface area contributed by atoms with Crippen molar-refractivity contribution in [2.75, 3.05) is 26.7 Å². The lowest BCUT2D eigenvalue weighted by molar-refractivity contribution is -0.122. The molecule has 1 saturated carbocycles. The predicted molar refractivity (Wildman–Crippen MR) is 73.5 cm³/mol. The lowest BCUT2D eigenvalue weighted by Gasteiger charge is -2.25. The van der Waals surface area contributed by atoms with E-state index in [1.807, 2.05) is 0 Å². The minimum Gasteiger partial charge on any atom is -0.355 e. The highest BCUT2D eigenvalue weighted by Crippen LogP contribution is 2.21. The Morgan fingerprint density at radius 1 is 1.22 bits per heavy atom. The molecule has 0 aromatic carbocycles. The lowest BCUT2D eigenvalue weighted by Crippen LogP contribution is -2.45. The third-order valence-corrected chi connectivity index (χ3v) is 4.34. The van der Waals surface area contributed by atoms with Crippen molar-refractivity contribution in [1.29, 1.82) is 0 Å². The van der Waals surface area contributed by atoms with Crippen LogP contribution in [-0.4, -0.2) is 49.6 Å². The maximum absolute atomic E-state index is 11.8. The van der Waals surface area contributed by atoms with Gasteiger partial charge in [-0.2, -0.15) is 0 Å².